The first-order valence-corrected chi connectivity index (χ1v) is 9.61. The second-order valence-electron chi connectivity index (χ2n) is 6.82. The van der Waals surface area contributed by atoms with E-state index in [2.05, 4.69) is 55.8 Å². The Labute approximate surface area is 165 Å². The van der Waals surface area contributed by atoms with Gasteiger partial charge in [0.25, 0.3) is 0 Å². The molecule has 27 heavy (non-hydrogen) atoms. The lowest BCUT2D eigenvalue weighted by Crippen LogP contribution is -2.20. The van der Waals surface area contributed by atoms with Crippen LogP contribution in [0.5, 0.6) is 11.5 Å². The van der Waals surface area contributed by atoms with Crippen molar-refractivity contribution in [1.82, 2.24) is 4.98 Å². The second-order valence-corrected chi connectivity index (χ2v) is 7.68. The van der Waals surface area contributed by atoms with Gasteiger partial charge in [-0.3, -0.25) is 0 Å². The van der Waals surface area contributed by atoms with Crippen LogP contribution < -0.4 is 15.4 Å². The van der Waals surface area contributed by atoms with Crippen molar-refractivity contribution in [3.8, 4) is 22.6 Å². The van der Waals surface area contributed by atoms with E-state index in [0.29, 0.717) is 5.75 Å². The Morgan fingerprint density at radius 3 is 2.89 bits per heavy atom. The van der Waals surface area contributed by atoms with Gasteiger partial charge < -0.3 is 20.5 Å². The van der Waals surface area contributed by atoms with Crippen molar-refractivity contribution in [1.29, 1.82) is 0 Å². The van der Waals surface area contributed by atoms with E-state index in [1.807, 2.05) is 18.3 Å². The Balaban J connectivity index is 1.75. The standard InChI is InChI=1S/C21H18BrN3O2/c1-27-18-8-13(15(22)9-17(18)26)20-14-10-24-21-19(14)12(6-7-23-21)11-4-2-3-5-16(11)25-20/h2-9,14,20,25-26H,10H2,1H3,(H,23,24). The smallest absolute Gasteiger partial charge is 0.160 e. The highest BCUT2D eigenvalue weighted by molar-refractivity contribution is 9.10. The average Bonchev–Trinajstić information content (AvgIpc) is 3.05. The number of phenols is 1. The Hall–Kier alpha value is -2.73. The monoisotopic (exact) mass is 423 g/mol. The highest BCUT2D eigenvalue weighted by Gasteiger charge is 2.38. The minimum Gasteiger partial charge on any atom is -0.504 e. The number of pyridine rings is 1. The zero-order valence-corrected chi connectivity index (χ0v) is 16.2. The third kappa shape index (κ3) is 2.47. The molecule has 0 radical (unpaired) electrons. The molecule has 5 nitrogen and oxygen atoms in total. The number of aromatic nitrogens is 1. The van der Waals surface area contributed by atoms with Crippen molar-refractivity contribution < 1.29 is 9.84 Å². The number of anilines is 2. The topological polar surface area (TPSA) is 66.4 Å². The second kappa shape index (κ2) is 6.16. The SMILES string of the molecule is COc1cc(C2Nc3ccccc3-c3ccnc4c3C2CN4)c(Br)cc1O. The first kappa shape index (κ1) is 16.4. The van der Waals surface area contributed by atoms with E-state index in [0.717, 1.165) is 28.1 Å². The molecule has 0 aliphatic carbocycles. The van der Waals surface area contributed by atoms with Gasteiger partial charge in [-0.25, -0.2) is 4.98 Å². The summed E-state index contributed by atoms with van der Waals surface area (Å²) in [6.07, 6.45) is 1.86. The number of para-hydroxylation sites is 1. The molecule has 2 aliphatic rings. The number of methoxy groups -OCH3 is 1. The lowest BCUT2D eigenvalue weighted by Gasteiger charge is -2.26. The van der Waals surface area contributed by atoms with Crippen LogP contribution in [-0.2, 0) is 0 Å². The molecule has 3 aromatic rings. The van der Waals surface area contributed by atoms with Gasteiger partial charge in [-0.05, 0) is 35.4 Å². The maximum atomic E-state index is 10.1. The van der Waals surface area contributed by atoms with Crippen molar-refractivity contribution in [3.63, 3.8) is 0 Å². The number of benzene rings is 2. The summed E-state index contributed by atoms with van der Waals surface area (Å²) in [5, 5.41) is 17.3. The van der Waals surface area contributed by atoms with Gasteiger partial charge in [0.1, 0.15) is 5.82 Å². The summed E-state index contributed by atoms with van der Waals surface area (Å²) in [6, 6.07) is 14.0. The first-order chi connectivity index (χ1) is 13.2. The van der Waals surface area contributed by atoms with Crippen LogP contribution in [0.4, 0.5) is 11.5 Å². The molecule has 0 spiro atoms. The summed E-state index contributed by atoms with van der Waals surface area (Å²) in [5.74, 6) is 1.73. The van der Waals surface area contributed by atoms with E-state index in [1.54, 1.807) is 13.2 Å². The molecule has 0 saturated carbocycles. The van der Waals surface area contributed by atoms with Gasteiger partial charge in [-0.15, -0.1) is 0 Å². The number of hydrogen-bond donors (Lipinski definition) is 3. The third-order valence-corrected chi connectivity index (χ3v) is 6.10. The average molecular weight is 424 g/mol. The molecule has 136 valence electrons. The van der Waals surface area contributed by atoms with Crippen molar-refractivity contribution in [2.45, 2.75) is 12.0 Å². The number of nitrogens with one attached hydrogen (secondary N) is 2. The van der Waals surface area contributed by atoms with Crippen LogP contribution in [0.25, 0.3) is 11.1 Å². The zero-order chi connectivity index (χ0) is 18.5. The van der Waals surface area contributed by atoms with Gasteiger partial charge in [0.2, 0.25) is 0 Å². The van der Waals surface area contributed by atoms with E-state index in [1.165, 1.54) is 16.7 Å². The fourth-order valence-corrected chi connectivity index (χ4v) is 4.76. The van der Waals surface area contributed by atoms with E-state index >= 15 is 0 Å². The highest BCUT2D eigenvalue weighted by atomic mass is 79.9. The summed E-state index contributed by atoms with van der Waals surface area (Å²) in [5.41, 5.74) is 5.75. The first-order valence-electron chi connectivity index (χ1n) is 8.82. The summed E-state index contributed by atoms with van der Waals surface area (Å²) in [7, 11) is 1.57. The fraction of sp³-hybridized carbons (Fsp3) is 0.190. The predicted octanol–water partition coefficient (Wildman–Crippen LogP) is 4.90. The lowest BCUT2D eigenvalue weighted by molar-refractivity contribution is 0.372. The molecular weight excluding hydrogens is 406 g/mol. The molecule has 3 heterocycles. The van der Waals surface area contributed by atoms with E-state index in [9.17, 15) is 5.11 Å². The number of phenolic OH excluding ortho intramolecular Hbond substituents is 1. The molecule has 3 N–H and O–H groups in total. The molecule has 6 heteroatoms. The Kier molecular flexibility index (Phi) is 3.75. The molecule has 5 rings (SSSR count). The summed E-state index contributed by atoms with van der Waals surface area (Å²) in [4.78, 5) is 4.55. The number of hydrogen-bond acceptors (Lipinski definition) is 5. The van der Waals surface area contributed by atoms with Crippen LogP contribution in [-0.4, -0.2) is 23.7 Å². The largest absolute Gasteiger partial charge is 0.504 e. The zero-order valence-electron chi connectivity index (χ0n) is 14.7. The summed E-state index contributed by atoms with van der Waals surface area (Å²) in [6.45, 7) is 0.792. The maximum absolute atomic E-state index is 10.1. The lowest BCUT2D eigenvalue weighted by atomic mass is 9.87. The van der Waals surface area contributed by atoms with Gasteiger partial charge in [0.15, 0.2) is 11.5 Å². The fourth-order valence-electron chi connectivity index (χ4n) is 4.18. The van der Waals surface area contributed by atoms with E-state index in [4.69, 9.17) is 4.74 Å². The van der Waals surface area contributed by atoms with Crippen LogP contribution in [0, 0.1) is 0 Å². The van der Waals surface area contributed by atoms with Gasteiger partial charge in [-0.2, -0.15) is 0 Å². The number of rotatable bonds is 2. The third-order valence-electron chi connectivity index (χ3n) is 5.41. The van der Waals surface area contributed by atoms with Crippen LogP contribution in [0.15, 0.2) is 53.1 Å². The Morgan fingerprint density at radius 2 is 2.04 bits per heavy atom. The summed E-state index contributed by atoms with van der Waals surface area (Å²) < 4.78 is 6.20. The predicted molar refractivity (Wildman–Crippen MR) is 110 cm³/mol. The van der Waals surface area contributed by atoms with Crippen LogP contribution in [0.1, 0.15) is 23.1 Å². The van der Waals surface area contributed by atoms with Crippen LogP contribution in [0.2, 0.25) is 0 Å². The number of aromatic hydroxyl groups is 1. The van der Waals surface area contributed by atoms with Crippen molar-refractivity contribution in [3.05, 3.63) is 64.3 Å². The van der Waals surface area contributed by atoms with E-state index < -0.39 is 0 Å². The minimum atomic E-state index is -0.00535. The number of ether oxygens (including phenoxy) is 1. The Bertz CT molecular complexity index is 1050. The van der Waals surface area contributed by atoms with Crippen LogP contribution >= 0.6 is 15.9 Å². The summed E-state index contributed by atoms with van der Waals surface area (Å²) >= 11 is 3.63. The van der Waals surface area contributed by atoms with Gasteiger partial charge in [-0.1, -0.05) is 34.1 Å². The van der Waals surface area contributed by atoms with Crippen LogP contribution in [0.3, 0.4) is 0 Å². The van der Waals surface area contributed by atoms with Crippen molar-refractivity contribution in [2.75, 3.05) is 24.3 Å². The van der Waals surface area contributed by atoms with Crippen molar-refractivity contribution in [2.24, 2.45) is 0 Å². The Morgan fingerprint density at radius 1 is 1.19 bits per heavy atom. The molecule has 0 bridgehead atoms. The molecule has 2 atom stereocenters. The minimum absolute atomic E-state index is 0.00535. The molecule has 1 aromatic heterocycles. The van der Waals surface area contributed by atoms with Crippen molar-refractivity contribution >= 4 is 27.4 Å². The number of fused-ring (bicyclic) bond motifs is 2. The van der Waals surface area contributed by atoms with Gasteiger partial charge in [0.05, 0.1) is 13.2 Å². The number of nitrogens with zero attached hydrogens (tertiary/aromatic N) is 1. The maximum Gasteiger partial charge on any atom is 0.160 e. The number of halogens is 1. The highest BCUT2D eigenvalue weighted by Crippen LogP contribution is 2.51. The molecule has 2 aromatic carbocycles. The van der Waals surface area contributed by atoms with Gasteiger partial charge in [0, 0.05) is 39.9 Å². The molecule has 0 saturated heterocycles. The molecule has 2 unspecified atom stereocenters. The molecule has 2 aliphatic heterocycles. The molecule has 0 amide bonds. The quantitative estimate of drug-likeness (QED) is 0.546. The molecule has 0 fully saturated rings. The van der Waals surface area contributed by atoms with Gasteiger partial charge >= 0.3 is 0 Å². The normalized spacial score (nSPS) is 19.3. The molecular formula is C21H18BrN3O2. The van der Waals surface area contributed by atoms with E-state index in [-0.39, 0.29) is 17.7 Å².